The average Bonchev–Trinajstić information content (AvgIpc) is 2.78. The lowest BCUT2D eigenvalue weighted by atomic mass is 10.1. The first kappa shape index (κ1) is 21.0. The Hall–Kier alpha value is -3.68. The zero-order chi connectivity index (χ0) is 21.5. The number of H-pyrrole nitrogens is 1. The molecule has 0 spiro atoms. The van der Waals surface area contributed by atoms with E-state index in [1.165, 1.54) is 0 Å². The number of ether oxygens (including phenoxy) is 2. The maximum absolute atomic E-state index is 12.5. The number of nitrogens with one attached hydrogen (secondary N) is 1. The Labute approximate surface area is 174 Å². The van der Waals surface area contributed by atoms with E-state index < -0.39 is 0 Å². The lowest BCUT2D eigenvalue weighted by molar-refractivity contribution is -0.130. The minimum atomic E-state index is -0.375. The van der Waals surface area contributed by atoms with Crippen molar-refractivity contribution in [1.29, 1.82) is 0 Å². The number of hydrogen-bond acceptors (Lipinski definition) is 6. The van der Waals surface area contributed by atoms with E-state index in [0.717, 1.165) is 5.56 Å². The van der Waals surface area contributed by atoms with Gasteiger partial charge in [0.2, 0.25) is 5.91 Å². The molecule has 0 aliphatic heterocycles. The van der Waals surface area contributed by atoms with Crippen molar-refractivity contribution in [1.82, 2.24) is 20.1 Å². The Kier molecular flexibility index (Phi) is 6.79. The molecule has 3 aromatic rings. The van der Waals surface area contributed by atoms with Gasteiger partial charge in [-0.1, -0.05) is 30.3 Å². The molecule has 0 bridgehead atoms. The molecular formula is C22H24N4O4. The van der Waals surface area contributed by atoms with E-state index >= 15 is 0 Å². The predicted molar refractivity (Wildman–Crippen MR) is 112 cm³/mol. The Morgan fingerprint density at radius 1 is 1.03 bits per heavy atom. The molecule has 0 aliphatic rings. The molecule has 3 rings (SSSR count). The number of carbonyl (C=O) groups is 1. The van der Waals surface area contributed by atoms with Crippen molar-refractivity contribution in [2.24, 2.45) is 0 Å². The summed E-state index contributed by atoms with van der Waals surface area (Å²) in [7, 11) is 4.83. The number of nitrogens with zero attached hydrogens (tertiary/aromatic N) is 3. The third-order valence-electron chi connectivity index (χ3n) is 4.65. The molecule has 0 atom stereocenters. The Balaban J connectivity index is 1.67. The van der Waals surface area contributed by atoms with E-state index in [9.17, 15) is 9.59 Å². The van der Waals surface area contributed by atoms with Gasteiger partial charge >= 0.3 is 0 Å². The molecule has 2 aromatic carbocycles. The largest absolute Gasteiger partial charge is 0.497 e. The van der Waals surface area contributed by atoms with Crippen molar-refractivity contribution >= 4 is 5.91 Å². The predicted octanol–water partition coefficient (Wildman–Crippen LogP) is 2.44. The molecule has 0 aliphatic carbocycles. The van der Waals surface area contributed by atoms with E-state index in [2.05, 4.69) is 15.2 Å². The van der Waals surface area contributed by atoms with Crippen LogP contribution in [0.3, 0.4) is 0 Å². The average molecular weight is 408 g/mol. The minimum Gasteiger partial charge on any atom is -0.497 e. The number of aromatic nitrogens is 3. The SMILES string of the molecule is COc1cc(OC)cc(-c2nnc(CCC(=O)N(C)Cc3ccccc3)c(=O)[nH]2)c1. The van der Waals surface area contributed by atoms with Crippen LogP contribution in [0.4, 0.5) is 0 Å². The number of benzene rings is 2. The molecule has 0 fully saturated rings. The summed E-state index contributed by atoms with van der Waals surface area (Å²) >= 11 is 0. The Bertz CT molecular complexity index is 1040. The molecule has 1 heterocycles. The molecule has 156 valence electrons. The molecule has 0 radical (unpaired) electrons. The van der Waals surface area contributed by atoms with Crippen molar-refractivity contribution in [2.75, 3.05) is 21.3 Å². The fourth-order valence-corrected chi connectivity index (χ4v) is 2.96. The van der Waals surface area contributed by atoms with Gasteiger partial charge in [-0.05, 0) is 17.7 Å². The van der Waals surface area contributed by atoms with Gasteiger partial charge in [0.05, 0.1) is 14.2 Å². The van der Waals surface area contributed by atoms with Crippen molar-refractivity contribution in [3.63, 3.8) is 0 Å². The van der Waals surface area contributed by atoms with Crippen molar-refractivity contribution in [3.05, 3.63) is 70.1 Å². The van der Waals surface area contributed by atoms with Crippen molar-refractivity contribution < 1.29 is 14.3 Å². The lowest BCUT2D eigenvalue weighted by Crippen LogP contribution is -2.27. The number of rotatable bonds is 8. The summed E-state index contributed by atoms with van der Waals surface area (Å²) < 4.78 is 10.5. The van der Waals surface area contributed by atoms with Gasteiger partial charge in [-0.15, -0.1) is 10.2 Å². The number of carbonyl (C=O) groups excluding carboxylic acids is 1. The summed E-state index contributed by atoms with van der Waals surface area (Å²) in [5.41, 5.74) is 1.50. The van der Waals surface area contributed by atoms with Gasteiger partial charge in [-0.2, -0.15) is 0 Å². The number of methoxy groups -OCH3 is 2. The van der Waals surface area contributed by atoms with Gasteiger partial charge < -0.3 is 19.4 Å². The van der Waals surface area contributed by atoms with Gasteiger partial charge in [0.15, 0.2) is 5.82 Å². The van der Waals surface area contributed by atoms with Crippen LogP contribution in [0.15, 0.2) is 53.3 Å². The highest BCUT2D eigenvalue weighted by molar-refractivity contribution is 5.76. The second kappa shape index (κ2) is 9.69. The maximum Gasteiger partial charge on any atom is 0.273 e. The number of amides is 1. The smallest absolute Gasteiger partial charge is 0.273 e. The van der Waals surface area contributed by atoms with Crippen LogP contribution in [0.25, 0.3) is 11.4 Å². The zero-order valence-corrected chi connectivity index (χ0v) is 17.2. The topological polar surface area (TPSA) is 97.4 Å². The minimum absolute atomic E-state index is 0.0679. The summed E-state index contributed by atoms with van der Waals surface area (Å²) in [6, 6.07) is 14.9. The Morgan fingerprint density at radius 3 is 2.30 bits per heavy atom. The fraction of sp³-hybridized carbons (Fsp3) is 0.273. The van der Waals surface area contributed by atoms with Gasteiger partial charge in [0, 0.05) is 38.1 Å². The van der Waals surface area contributed by atoms with Crippen LogP contribution in [-0.2, 0) is 17.8 Å². The van der Waals surface area contributed by atoms with E-state index in [-0.39, 0.29) is 30.0 Å². The molecule has 0 saturated heterocycles. The van der Waals surface area contributed by atoms with Gasteiger partial charge in [0.1, 0.15) is 17.2 Å². The summed E-state index contributed by atoms with van der Waals surface area (Å²) in [6.07, 6.45) is 0.384. The van der Waals surface area contributed by atoms with Crippen molar-refractivity contribution in [2.45, 2.75) is 19.4 Å². The van der Waals surface area contributed by atoms with E-state index in [0.29, 0.717) is 29.4 Å². The summed E-state index contributed by atoms with van der Waals surface area (Å²) in [4.78, 5) is 29.2. The quantitative estimate of drug-likeness (QED) is 0.615. The third-order valence-corrected chi connectivity index (χ3v) is 4.65. The molecule has 1 amide bonds. The van der Waals surface area contributed by atoms with Crippen LogP contribution in [0.5, 0.6) is 11.5 Å². The molecule has 1 aromatic heterocycles. The van der Waals surface area contributed by atoms with Crippen LogP contribution < -0.4 is 15.0 Å². The second-order valence-electron chi connectivity index (χ2n) is 6.79. The Morgan fingerprint density at radius 2 is 1.70 bits per heavy atom. The zero-order valence-electron chi connectivity index (χ0n) is 17.2. The molecule has 1 N–H and O–H groups in total. The number of aryl methyl sites for hydroxylation is 1. The molecule has 30 heavy (non-hydrogen) atoms. The van der Waals surface area contributed by atoms with E-state index in [4.69, 9.17) is 9.47 Å². The molecule has 8 heteroatoms. The monoisotopic (exact) mass is 408 g/mol. The highest BCUT2D eigenvalue weighted by atomic mass is 16.5. The van der Waals surface area contributed by atoms with Gasteiger partial charge in [-0.25, -0.2) is 0 Å². The number of hydrogen-bond donors (Lipinski definition) is 1. The molecule has 0 saturated carbocycles. The second-order valence-corrected chi connectivity index (χ2v) is 6.79. The summed E-state index contributed by atoms with van der Waals surface area (Å²) in [6.45, 7) is 0.512. The first-order valence-electron chi connectivity index (χ1n) is 9.47. The fourth-order valence-electron chi connectivity index (χ4n) is 2.96. The highest BCUT2D eigenvalue weighted by Gasteiger charge is 2.14. The third kappa shape index (κ3) is 5.22. The van der Waals surface area contributed by atoms with Crippen LogP contribution in [-0.4, -0.2) is 47.3 Å². The van der Waals surface area contributed by atoms with Crippen LogP contribution >= 0.6 is 0 Å². The first-order valence-corrected chi connectivity index (χ1v) is 9.47. The van der Waals surface area contributed by atoms with Gasteiger partial charge in [-0.3, -0.25) is 9.59 Å². The standard InChI is InChI=1S/C22H24N4O4/c1-26(14-15-7-5-4-6-8-15)20(27)10-9-19-22(28)23-21(25-24-19)16-11-17(29-2)13-18(12-16)30-3/h4-8,11-13H,9-10,14H2,1-3H3,(H,23,25,28). The molecular weight excluding hydrogens is 384 g/mol. The van der Waals surface area contributed by atoms with E-state index in [1.54, 1.807) is 44.4 Å². The summed E-state index contributed by atoms with van der Waals surface area (Å²) in [5, 5.41) is 8.14. The highest BCUT2D eigenvalue weighted by Crippen LogP contribution is 2.27. The first-order chi connectivity index (χ1) is 14.5. The van der Waals surface area contributed by atoms with Crippen LogP contribution in [0.2, 0.25) is 0 Å². The molecule has 0 unspecified atom stereocenters. The van der Waals surface area contributed by atoms with Crippen molar-refractivity contribution in [3.8, 4) is 22.9 Å². The number of aromatic amines is 1. The summed E-state index contributed by atoms with van der Waals surface area (Å²) in [5.74, 6) is 1.38. The van der Waals surface area contributed by atoms with Crippen LogP contribution in [0.1, 0.15) is 17.7 Å². The normalized spacial score (nSPS) is 10.5. The lowest BCUT2D eigenvalue weighted by Gasteiger charge is -2.17. The maximum atomic E-state index is 12.5. The van der Waals surface area contributed by atoms with E-state index in [1.807, 2.05) is 30.3 Å². The van der Waals surface area contributed by atoms with Gasteiger partial charge in [0.25, 0.3) is 5.56 Å². The van der Waals surface area contributed by atoms with Crippen LogP contribution in [0, 0.1) is 0 Å². The molecule has 8 nitrogen and oxygen atoms in total.